The monoisotopic (exact) mass is 333 g/mol. The third-order valence-electron chi connectivity index (χ3n) is 3.32. The van der Waals surface area contributed by atoms with E-state index in [4.69, 9.17) is 4.98 Å². The maximum absolute atomic E-state index is 4.72. The number of aryl methyl sites for hydroxylation is 1. The lowest BCUT2D eigenvalue weighted by molar-refractivity contribution is 0.785. The fourth-order valence-corrected chi connectivity index (χ4v) is 2.95. The molecule has 3 nitrogen and oxygen atoms in total. The van der Waals surface area contributed by atoms with Gasteiger partial charge in [-0.15, -0.1) is 0 Å². The third kappa shape index (κ3) is 3.18. The Morgan fingerprint density at radius 2 is 1.90 bits per heavy atom. The molecule has 0 amide bonds. The molecule has 0 saturated carbocycles. The Bertz CT molecular complexity index is 609. The Morgan fingerprint density at radius 1 is 1.20 bits per heavy atom. The smallest absolute Gasteiger partial charge is 0.144 e. The highest BCUT2D eigenvalue weighted by atomic mass is 79.9. The van der Waals surface area contributed by atoms with Crippen LogP contribution in [0.2, 0.25) is 0 Å². The van der Waals surface area contributed by atoms with Gasteiger partial charge in [0.2, 0.25) is 0 Å². The predicted octanol–water partition coefficient (Wildman–Crippen LogP) is 4.30. The van der Waals surface area contributed by atoms with Gasteiger partial charge in [0.05, 0.1) is 10.2 Å². The van der Waals surface area contributed by atoms with Crippen molar-refractivity contribution in [2.24, 2.45) is 0 Å². The quantitative estimate of drug-likeness (QED) is 0.906. The van der Waals surface area contributed by atoms with Crippen LogP contribution in [0.25, 0.3) is 0 Å². The molecule has 0 aliphatic carbocycles. The van der Waals surface area contributed by atoms with Crippen molar-refractivity contribution in [1.29, 1.82) is 0 Å². The highest BCUT2D eigenvalue weighted by molar-refractivity contribution is 9.10. The molecular formula is C16H20BrN3. The number of aromatic nitrogens is 2. The lowest BCUT2D eigenvalue weighted by Crippen LogP contribution is -2.08. The number of nitrogens with one attached hydrogen (secondary N) is 1. The topological polar surface area (TPSA) is 37.8 Å². The Kier molecular flexibility index (Phi) is 4.76. The molecule has 0 saturated heterocycles. The Hall–Kier alpha value is -1.42. The zero-order chi connectivity index (χ0) is 14.7. The molecule has 1 N–H and O–H groups in total. The molecule has 2 aromatic rings. The maximum Gasteiger partial charge on any atom is 0.144 e. The number of benzene rings is 1. The number of hydrogen-bond donors (Lipinski definition) is 1. The standard InChI is InChI=1S/C16H20BrN3/c1-10(2)15-14(17)16(18-4)20-13(19-15)9-12-8-6-5-7-11(12)3/h5-8,10H,9H2,1-4H3,(H,18,19,20). The van der Waals surface area contributed by atoms with Gasteiger partial charge in [-0.05, 0) is 39.9 Å². The van der Waals surface area contributed by atoms with Crippen molar-refractivity contribution in [3.05, 3.63) is 51.4 Å². The van der Waals surface area contributed by atoms with Gasteiger partial charge in [-0.2, -0.15) is 0 Å². The molecule has 0 fully saturated rings. The van der Waals surface area contributed by atoms with Gasteiger partial charge in [-0.1, -0.05) is 38.1 Å². The van der Waals surface area contributed by atoms with E-state index in [0.717, 1.165) is 28.2 Å². The van der Waals surface area contributed by atoms with Crippen LogP contribution in [0, 0.1) is 6.92 Å². The van der Waals surface area contributed by atoms with Crippen LogP contribution in [0.15, 0.2) is 28.7 Å². The highest BCUT2D eigenvalue weighted by Crippen LogP contribution is 2.29. The van der Waals surface area contributed by atoms with Gasteiger partial charge >= 0.3 is 0 Å². The summed E-state index contributed by atoms with van der Waals surface area (Å²) in [7, 11) is 1.88. The fourth-order valence-electron chi connectivity index (χ4n) is 2.12. The van der Waals surface area contributed by atoms with Gasteiger partial charge in [0, 0.05) is 13.5 Å². The second-order valence-corrected chi connectivity index (χ2v) is 5.99. The summed E-state index contributed by atoms with van der Waals surface area (Å²) < 4.78 is 0.962. The lowest BCUT2D eigenvalue weighted by Gasteiger charge is -2.14. The molecule has 0 aliphatic heterocycles. The molecule has 0 aliphatic rings. The average Bonchev–Trinajstić information content (AvgIpc) is 2.42. The minimum Gasteiger partial charge on any atom is -0.372 e. The molecule has 1 heterocycles. The van der Waals surface area contributed by atoms with Crippen LogP contribution in [0.3, 0.4) is 0 Å². The van der Waals surface area contributed by atoms with Gasteiger partial charge in [-0.3, -0.25) is 0 Å². The first-order valence-corrected chi connectivity index (χ1v) is 7.60. The lowest BCUT2D eigenvalue weighted by atomic mass is 10.1. The van der Waals surface area contributed by atoms with Gasteiger partial charge in [0.15, 0.2) is 0 Å². The van der Waals surface area contributed by atoms with Crippen molar-refractivity contribution in [3.8, 4) is 0 Å². The van der Waals surface area contributed by atoms with E-state index in [0.29, 0.717) is 5.92 Å². The molecule has 4 heteroatoms. The Morgan fingerprint density at radius 3 is 2.50 bits per heavy atom. The summed E-state index contributed by atoms with van der Waals surface area (Å²) >= 11 is 3.59. The van der Waals surface area contributed by atoms with E-state index >= 15 is 0 Å². The van der Waals surface area contributed by atoms with E-state index in [1.54, 1.807) is 0 Å². The first-order chi connectivity index (χ1) is 9.52. The molecular weight excluding hydrogens is 314 g/mol. The summed E-state index contributed by atoms with van der Waals surface area (Å²) in [5.74, 6) is 2.07. The van der Waals surface area contributed by atoms with Crippen LogP contribution < -0.4 is 5.32 Å². The van der Waals surface area contributed by atoms with Crippen molar-refractivity contribution in [3.63, 3.8) is 0 Å². The van der Waals surface area contributed by atoms with Gasteiger partial charge in [0.1, 0.15) is 11.6 Å². The minimum absolute atomic E-state index is 0.357. The van der Waals surface area contributed by atoms with Crippen molar-refractivity contribution in [2.75, 3.05) is 12.4 Å². The molecule has 0 atom stereocenters. The van der Waals surface area contributed by atoms with E-state index in [2.05, 4.69) is 71.3 Å². The highest BCUT2D eigenvalue weighted by Gasteiger charge is 2.14. The molecule has 20 heavy (non-hydrogen) atoms. The first kappa shape index (κ1) is 15.0. The normalized spacial score (nSPS) is 10.9. The van der Waals surface area contributed by atoms with Gasteiger partial charge < -0.3 is 5.32 Å². The van der Waals surface area contributed by atoms with E-state index in [1.165, 1.54) is 11.1 Å². The summed E-state index contributed by atoms with van der Waals surface area (Å²) in [5, 5.41) is 3.13. The third-order valence-corrected chi connectivity index (χ3v) is 4.10. The summed E-state index contributed by atoms with van der Waals surface area (Å²) in [5.41, 5.74) is 3.59. The molecule has 1 aromatic carbocycles. The zero-order valence-electron chi connectivity index (χ0n) is 12.4. The average molecular weight is 334 g/mol. The largest absolute Gasteiger partial charge is 0.372 e. The van der Waals surface area contributed by atoms with Crippen molar-refractivity contribution >= 4 is 21.7 Å². The van der Waals surface area contributed by atoms with Gasteiger partial charge in [-0.25, -0.2) is 9.97 Å². The maximum atomic E-state index is 4.72. The molecule has 0 spiro atoms. The Labute approximate surface area is 129 Å². The molecule has 106 valence electrons. The summed E-state index contributed by atoms with van der Waals surface area (Å²) in [4.78, 5) is 9.32. The molecule has 2 rings (SSSR count). The van der Waals surface area contributed by atoms with E-state index in [-0.39, 0.29) is 0 Å². The van der Waals surface area contributed by atoms with Crippen LogP contribution in [-0.4, -0.2) is 17.0 Å². The number of anilines is 1. The van der Waals surface area contributed by atoms with Gasteiger partial charge in [0.25, 0.3) is 0 Å². The Balaban J connectivity index is 2.42. The van der Waals surface area contributed by atoms with E-state index < -0.39 is 0 Å². The number of rotatable bonds is 4. The second-order valence-electron chi connectivity index (χ2n) is 5.20. The SMILES string of the molecule is CNc1nc(Cc2ccccc2C)nc(C(C)C)c1Br. The van der Waals surface area contributed by atoms with Crippen molar-refractivity contribution < 1.29 is 0 Å². The summed E-state index contributed by atoms with van der Waals surface area (Å²) in [6, 6.07) is 8.37. The second kappa shape index (κ2) is 6.35. The van der Waals surface area contributed by atoms with Crippen molar-refractivity contribution in [1.82, 2.24) is 9.97 Å². The predicted molar refractivity (Wildman–Crippen MR) is 87.4 cm³/mol. The van der Waals surface area contributed by atoms with Crippen LogP contribution >= 0.6 is 15.9 Å². The number of halogens is 1. The van der Waals surface area contributed by atoms with Crippen LogP contribution in [0.5, 0.6) is 0 Å². The van der Waals surface area contributed by atoms with Crippen LogP contribution in [0.1, 0.15) is 42.4 Å². The molecule has 1 aromatic heterocycles. The molecule has 0 bridgehead atoms. The summed E-state index contributed by atoms with van der Waals surface area (Å²) in [6.07, 6.45) is 0.758. The van der Waals surface area contributed by atoms with E-state index in [9.17, 15) is 0 Å². The molecule has 0 radical (unpaired) electrons. The zero-order valence-corrected chi connectivity index (χ0v) is 14.0. The fraction of sp³-hybridized carbons (Fsp3) is 0.375. The first-order valence-electron chi connectivity index (χ1n) is 6.81. The van der Waals surface area contributed by atoms with Crippen LogP contribution in [0.4, 0.5) is 5.82 Å². The summed E-state index contributed by atoms with van der Waals surface area (Å²) in [6.45, 7) is 6.41. The van der Waals surface area contributed by atoms with Crippen molar-refractivity contribution in [2.45, 2.75) is 33.1 Å². The number of nitrogens with zero attached hydrogens (tertiary/aromatic N) is 2. The van der Waals surface area contributed by atoms with E-state index in [1.807, 2.05) is 7.05 Å². The number of hydrogen-bond acceptors (Lipinski definition) is 3. The minimum atomic E-state index is 0.357. The molecule has 0 unspecified atom stereocenters. The van der Waals surface area contributed by atoms with Crippen LogP contribution in [-0.2, 0) is 6.42 Å².